The number of hydrogen-bond donors (Lipinski definition) is 1. The summed E-state index contributed by atoms with van der Waals surface area (Å²) in [6, 6.07) is 3.44. The maximum Gasteiger partial charge on any atom is 0.373 e. The molecular weight excluding hydrogens is 218 g/mol. The Morgan fingerprint density at radius 1 is 1.59 bits per heavy atom. The lowest BCUT2D eigenvalue weighted by Gasteiger charge is -2.09. The van der Waals surface area contributed by atoms with Crippen LogP contribution < -0.4 is 5.32 Å². The summed E-state index contributed by atoms with van der Waals surface area (Å²) in [7, 11) is 1.33. The van der Waals surface area contributed by atoms with Gasteiger partial charge >= 0.3 is 5.97 Å². The summed E-state index contributed by atoms with van der Waals surface area (Å²) in [4.78, 5) is 11.2. The molecule has 0 radical (unpaired) electrons. The number of esters is 1. The molecule has 4 nitrogen and oxygen atoms in total. The Morgan fingerprint density at radius 3 is 3.00 bits per heavy atom. The van der Waals surface area contributed by atoms with E-state index in [4.69, 9.17) is 4.42 Å². The van der Waals surface area contributed by atoms with Gasteiger partial charge in [-0.25, -0.2) is 4.79 Å². The highest BCUT2D eigenvalue weighted by Crippen LogP contribution is 2.16. The number of ether oxygens (including phenoxy) is 1. The van der Waals surface area contributed by atoms with E-state index in [2.05, 4.69) is 21.9 Å². The molecule has 0 aliphatic heterocycles. The van der Waals surface area contributed by atoms with Gasteiger partial charge in [-0.05, 0) is 26.0 Å². The molecular formula is C13H17NO3. The van der Waals surface area contributed by atoms with Crippen LogP contribution >= 0.6 is 0 Å². The lowest BCUT2D eigenvalue weighted by Crippen LogP contribution is -2.19. The van der Waals surface area contributed by atoms with Gasteiger partial charge in [0, 0.05) is 13.0 Å². The van der Waals surface area contributed by atoms with E-state index in [9.17, 15) is 4.79 Å². The first-order valence-corrected chi connectivity index (χ1v) is 5.50. The van der Waals surface area contributed by atoms with Crippen molar-refractivity contribution < 1.29 is 13.9 Å². The number of carbonyl (C=O) groups is 1. The maximum atomic E-state index is 11.2. The van der Waals surface area contributed by atoms with Gasteiger partial charge in [-0.1, -0.05) is 0 Å². The van der Waals surface area contributed by atoms with Crippen LogP contribution in [0.2, 0.25) is 0 Å². The van der Waals surface area contributed by atoms with E-state index in [0.717, 1.165) is 18.7 Å². The van der Waals surface area contributed by atoms with E-state index in [1.807, 2.05) is 13.8 Å². The molecule has 1 atom stereocenters. The molecule has 1 unspecified atom stereocenters. The van der Waals surface area contributed by atoms with E-state index in [-0.39, 0.29) is 11.8 Å². The largest absolute Gasteiger partial charge is 0.463 e. The van der Waals surface area contributed by atoms with E-state index in [1.54, 1.807) is 12.1 Å². The molecule has 0 bridgehead atoms. The number of methoxy groups -OCH3 is 1. The van der Waals surface area contributed by atoms with E-state index in [0.29, 0.717) is 0 Å². The highest BCUT2D eigenvalue weighted by atomic mass is 16.5. The van der Waals surface area contributed by atoms with Crippen molar-refractivity contribution in [3.63, 3.8) is 0 Å². The van der Waals surface area contributed by atoms with E-state index < -0.39 is 5.97 Å². The van der Waals surface area contributed by atoms with Gasteiger partial charge in [-0.2, -0.15) is 0 Å². The van der Waals surface area contributed by atoms with Crippen molar-refractivity contribution in [3.8, 4) is 11.8 Å². The Hall–Kier alpha value is -1.73. The monoisotopic (exact) mass is 235 g/mol. The molecule has 1 N–H and O–H groups in total. The third-order valence-electron chi connectivity index (χ3n) is 2.32. The van der Waals surface area contributed by atoms with Crippen LogP contribution in [0.3, 0.4) is 0 Å². The Morgan fingerprint density at radius 2 is 2.35 bits per heavy atom. The van der Waals surface area contributed by atoms with Gasteiger partial charge in [0.25, 0.3) is 0 Å². The van der Waals surface area contributed by atoms with Crippen molar-refractivity contribution in [2.24, 2.45) is 0 Å². The average Bonchev–Trinajstić information content (AvgIpc) is 2.83. The lowest BCUT2D eigenvalue weighted by atomic mass is 10.2. The summed E-state index contributed by atoms with van der Waals surface area (Å²) < 4.78 is 9.95. The standard InChI is InChI=1S/C13H17NO3/c1-4-5-6-9-14-10(2)11-7-8-12(17-11)13(15)16-3/h7-8,10,14H,6,9H2,1-3H3. The van der Waals surface area contributed by atoms with Crippen molar-refractivity contribution in [1.29, 1.82) is 0 Å². The summed E-state index contributed by atoms with van der Waals surface area (Å²) in [5.41, 5.74) is 0. The van der Waals surface area contributed by atoms with Gasteiger partial charge in [0.1, 0.15) is 5.76 Å². The van der Waals surface area contributed by atoms with Crippen molar-refractivity contribution in [2.45, 2.75) is 26.3 Å². The first-order chi connectivity index (χ1) is 8.19. The molecule has 0 aromatic carbocycles. The number of nitrogens with one attached hydrogen (secondary N) is 1. The topological polar surface area (TPSA) is 51.5 Å². The van der Waals surface area contributed by atoms with Crippen molar-refractivity contribution >= 4 is 5.97 Å². The van der Waals surface area contributed by atoms with Crippen LogP contribution in [-0.4, -0.2) is 19.6 Å². The number of carbonyl (C=O) groups excluding carboxylic acids is 1. The molecule has 0 saturated carbocycles. The molecule has 0 aliphatic rings. The molecule has 0 fully saturated rings. The first kappa shape index (κ1) is 13.3. The molecule has 0 spiro atoms. The molecule has 0 saturated heterocycles. The molecule has 1 heterocycles. The van der Waals surface area contributed by atoms with Crippen molar-refractivity contribution in [2.75, 3.05) is 13.7 Å². The number of rotatable bonds is 5. The van der Waals surface area contributed by atoms with Gasteiger partial charge in [-0.3, -0.25) is 0 Å². The second kappa shape index (κ2) is 6.77. The Bertz CT molecular complexity index is 425. The van der Waals surface area contributed by atoms with Crippen LogP contribution in [0.4, 0.5) is 0 Å². The molecule has 4 heteroatoms. The smallest absolute Gasteiger partial charge is 0.373 e. The summed E-state index contributed by atoms with van der Waals surface area (Å²) >= 11 is 0. The second-order valence-electron chi connectivity index (χ2n) is 3.55. The van der Waals surface area contributed by atoms with Crippen LogP contribution in [0, 0.1) is 11.8 Å². The average molecular weight is 235 g/mol. The third kappa shape index (κ3) is 3.97. The van der Waals surface area contributed by atoms with Crippen LogP contribution in [0.1, 0.15) is 42.6 Å². The molecule has 1 aromatic rings. The molecule has 1 rings (SSSR count). The Labute approximate surface area is 101 Å². The van der Waals surface area contributed by atoms with Crippen LogP contribution in [-0.2, 0) is 4.74 Å². The van der Waals surface area contributed by atoms with Gasteiger partial charge in [0.05, 0.1) is 13.2 Å². The fourth-order valence-electron chi connectivity index (χ4n) is 1.37. The lowest BCUT2D eigenvalue weighted by molar-refractivity contribution is 0.0562. The Kier molecular flexibility index (Phi) is 5.31. The molecule has 0 amide bonds. The first-order valence-electron chi connectivity index (χ1n) is 5.50. The summed E-state index contributed by atoms with van der Waals surface area (Å²) in [6.45, 7) is 4.58. The highest BCUT2D eigenvalue weighted by Gasteiger charge is 2.14. The highest BCUT2D eigenvalue weighted by molar-refractivity contribution is 5.86. The summed E-state index contributed by atoms with van der Waals surface area (Å²) in [5, 5.41) is 3.26. The SMILES string of the molecule is CC#CCCNC(C)c1ccc(C(=O)OC)o1. The minimum Gasteiger partial charge on any atom is -0.463 e. The minimum atomic E-state index is -0.458. The van der Waals surface area contributed by atoms with Gasteiger partial charge in [-0.15, -0.1) is 11.8 Å². The minimum absolute atomic E-state index is 0.0482. The zero-order chi connectivity index (χ0) is 12.7. The summed E-state index contributed by atoms with van der Waals surface area (Å²) in [5.74, 6) is 6.29. The van der Waals surface area contributed by atoms with Crippen LogP contribution in [0.15, 0.2) is 16.5 Å². The molecule has 0 aliphatic carbocycles. The molecule has 1 aromatic heterocycles. The van der Waals surface area contributed by atoms with Gasteiger partial charge < -0.3 is 14.5 Å². The van der Waals surface area contributed by atoms with Crippen molar-refractivity contribution in [3.05, 3.63) is 23.7 Å². The zero-order valence-electron chi connectivity index (χ0n) is 10.4. The van der Waals surface area contributed by atoms with Crippen LogP contribution in [0.5, 0.6) is 0 Å². The molecule has 17 heavy (non-hydrogen) atoms. The fraction of sp³-hybridized carbons (Fsp3) is 0.462. The fourth-order valence-corrected chi connectivity index (χ4v) is 1.37. The van der Waals surface area contributed by atoms with E-state index >= 15 is 0 Å². The third-order valence-corrected chi connectivity index (χ3v) is 2.32. The predicted molar refractivity (Wildman–Crippen MR) is 64.5 cm³/mol. The zero-order valence-corrected chi connectivity index (χ0v) is 10.4. The second-order valence-corrected chi connectivity index (χ2v) is 3.55. The van der Waals surface area contributed by atoms with Gasteiger partial charge in [0.2, 0.25) is 5.76 Å². The van der Waals surface area contributed by atoms with Crippen molar-refractivity contribution in [1.82, 2.24) is 5.32 Å². The predicted octanol–water partition coefficient (Wildman–Crippen LogP) is 2.13. The van der Waals surface area contributed by atoms with Gasteiger partial charge in [0.15, 0.2) is 0 Å². The summed E-state index contributed by atoms with van der Waals surface area (Å²) in [6.07, 6.45) is 0.797. The number of hydrogen-bond acceptors (Lipinski definition) is 4. The number of furan rings is 1. The maximum absolute atomic E-state index is 11.2. The molecule has 92 valence electrons. The van der Waals surface area contributed by atoms with E-state index in [1.165, 1.54) is 7.11 Å². The quantitative estimate of drug-likeness (QED) is 0.482. The Balaban J connectivity index is 2.50. The van der Waals surface area contributed by atoms with Crippen LogP contribution in [0.25, 0.3) is 0 Å². The normalized spacial score (nSPS) is 11.5.